The number of hydrogen-bond donors (Lipinski definition) is 1. The Morgan fingerprint density at radius 1 is 0.844 bits per heavy atom. The zero-order valence-electron chi connectivity index (χ0n) is 25.2. The molecule has 0 bridgehead atoms. The molecule has 1 N–H and O–H groups in total. The molecule has 230 valence electrons. The second-order valence-electron chi connectivity index (χ2n) is 11.6. The summed E-state index contributed by atoms with van der Waals surface area (Å²) in [5.41, 5.74) is 0.791. The summed E-state index contributed by atoms with van der Waals surface area (Å²) >= 11 is 0. The number of benzene rings is 3. The largest absolute Gasteiger partial charge is 0.497 e. The van der Waals surface area contributed by atoms with Crippen molar-refractivity contribution in [2.24, 2.45) is 0 Å². The third-order valence-electron chi connectivity index (χ3n) is 7.53. The highest BCUT2D eigenvalue weighted by molar-refractivity contribution is 6.50. The maximum absolute atomic E-state index is 14.7. The van der Waals surface area contributed by atoms with E-state index in [1.165, 1.54) is 67.6 Å². The number of hydrogen-bond acceptors (Lipinski definition) is 6. The van der Waals surface area contributed by atoms with Gasteiger partial charge in [-0.3, -0.25) is 19.1 Å². The van der Waals surface area contributed by atoms with E-state index < -0.39 is 35.1 Å². The van der Waals surface area contributed by atoms with Crippen molar-refractivity contribution in [1.82, 2.24) is 14.5 Å². The minimum atomic E-state index is -0.847. The SMILES string of the molecule is COc1ccc(CN2C(=O)C(c3c[nH]c4ccc(F)cc34)=C(c3cn(C(=O)OC(C)(C)C)c4ccc(F)cc34)C2=O)c(OC)c1. The van der Waals surface area contributed by atoms with Crippen LogP contribution in [0.3, 0.4) is 0 Å². The number of carbonyl (C=O) groups is 3. The number of ether oxygens (including phenoxy) is 3. The fourth-order valence-electron chi connectivity index (χ4n) is 5.54. The standard InChI is InChI=1S/C34H29F2N3O6/c1-34(2,3)45-33(42)38-17-25(23-13-20(36)8-11-27(23)38)30-29(24-15-37-26-10-7-19(35)12-22(24)26)31(40)39(32(30)41)16-18-6-9-21(43-4)14-28(18)44-5/h6-15,17,37H,16H2,1-5H3. The van der Waals surface area contributed by atoms with Crippen molar-refractivity contribution in [2.75, 3.05) is 14.2 Å². The van der Waals surface area contributed by atoms with Gasteiger partial charge in [-0.2, -0.15) is 0 Å². The average molecular weight is 614 g/mol. The zero-order chi connectivity index (χ0) is 32.2. The normalized spacial score (nSPS) is 13.8. The molecule has 3 heterocycles. The first-order valence-corrected chi connectivity index (χ1v) is 14.0. The van der Waals surface area contributed by atoms with Crippen LogP contribution in [0, 0.1) is 11.6 Å². The van der Waals surface area contributed by atoms with Gasteiger partial charge in [-0.05, 0) is 69.3 Å². The summed E-state index contributed by atoms with van der Waals surface area (Å²) in [4.78, 5) is 46.0. The van der Waals surface area contributed by atoms with Gasteiger partial charge >= 0.3 is 6.09 Å². The number of aromatic amines is 1. The first-order chi connectivity index (χ1) is 21.4. The highest BCUT2D eigenvalue weighted by Crippen LogP contribution is 2.42. The molecule has 0 unspecified atom stereocenters. The van der Waals surface area contributed by atoms with Crippen LogP contribution in [0.2, 0.25) is 0 Å². The van der Waals surface area contributed by atoms with Crippen LogP contribution < -0.4 is 9.47 Å². The molecule has 1 aliphatic heterocycles. The first kappa shape index (κ1) is 29.6. The highest BCUT2D eigenvalue weighted by atomic mass is 19.1. The Hall–Kier alpha value is -5.45. The van der Waals surface area contributed by atoms with Gasteiger partial charge in [0.15, 0.2) is 0 Å². The minimum absolute atomic E-state index is 0.0307. The van der Waals surface area contributed by atoms with E-state index in [1.54, 1.807) is 39.0 Å². The second kappa shape index (κ2) is 10.9. The number of fused-ring (bicyclic) bond motifs is 2. The van der Waals surface area contributed by atoms with Crippen molar-refractivity contribution < 1.29 is 37.4 Å². The van der Waals surface area contributed by atoms with Gasteiger partial charge in [0.1, 0.15) is 28.7 Å². The van der Waals surface area contributed by atoms with Crippen LogP contribution in [-0.2, 0) is 20.9 Å². The van der Waals surface area contributed by atoms with Gasteiger partial charge in [0.25, 0.3) is 11.8 Å². The summed E-state index contributed by atoms with van der Waals surface area (Å²) in [7, 11) is 2.96. The summed E-state index contributed by atoms with van der Waals surface area (Å²) in [6.45, 7) is 4.95. The fraction of sp³-hybridized carbons (Fsp3) is 0.206. The summed E-state index contributed by atoms with van der Waals surface area (Å²) in [6.07, 6.45) is 2.14. The fourth-order valence-corrected chi connectivity index (χ4v) is 5.54. The summed E-state index contributed by atoms with van der Waals surface area (Å²) in [5, 5.41) is 0.582. The van der Waals surface area contributed by atoms with Crippen molar-refractivity contribution in [1.29, 1.82) is 0 Å². The second-order valence-corrected chi connectivity index (χ2v) is 11.6. The summed E-state index contributed by atoms with van der Waals surface area (Å²) in [6, 6.07) is 12.8. The Bertz CT molecular complexity index is 2070. The maximum Gasteiger partial charge on any atom is 0.419 e. The van der Waals surface area contributed by atoms with Crippen LogP contribution in [0.4, 0.5) is 13.6 Å². The molecule has 1 aliphatic rings. The number of nitrogens with one attached hydrogen (secondary N) is 1. The van der Waals surface area contributed by atoms with Gasteiger partial charge in [0, 0.05) is 51.4 Å². The van der Waals surface area contributed by atoms with Gasteiger partial charge in [0.05, 0.1) is 37.4 Å². The Morgan fingerprint density at radius 3 is 2.18 bits per heavy atom. The average Bonchev–Trinajstić information content (AvgIpc) is 3.64. The van der Waals surface area contributed by atoms with E-state index in [2.05, 4.69) is 4.98 Å². The van der Waals surface area contributed by atoms with Crippen LogP contribution in [-0.4, -0.2) is 52.2 Å². The number of imide groups is 1. The Kier molecular flexibility index (Phi) is 7.19. The molecule has 0 radical (unpaired) electrons. The predicted molar refractivity (Wildman–Crippen MR) is 164 cm³/mol. The summed E-state index contributed by atoms with van der Waals surface area (Å²) < 4.78 is 46.7. The molecule has 45 heavy (non-hydrogen) atoms. The maximum atomic E-state index is 14.7. The van der Waals surface area contributed by atoms with Crippen molar-refractivity contribution in [3.05, 3.63) is 95.3 Å². The van der Waals surface area contributed by atoms with Gasteiger partial charge in [-0.1, -0.05) is 0 Å². The van der Waals surface area contributed by atoms with Gasteiger partial charge in [-0.25, -0.2) is 13.6 Å². The molecule has 0 saturated heterocycles. The number of methoxy groups -OCH3 is 2. The number of amides is 2. The lowest BCUT2D eigenvalue weighted by Gasteiger charge is -2.19. The smallest absolute Gasteiger partial charge is 0.419 e. The van der Waals surface area contributed by atoms with Gasteiger partial charge < -0.3 is 19.2 Å². The van der Waals surface area contributed by atoms with Crippen LogP contribution in [0.15, 0.2) is 67.0 Å². The van der Waals surface area contributed by atoms with E-state index >= 15 is 0 Å². The zero-order valence-corrected chi connectivity index (χ0v) is 25.2. The molecule has 6 rings (SSSR count). The van der Waals surface area contributed by atoms with Crippen LogP contribution in [0.5, 0.6) is 11.5 Å². The summed E-state index contributed by atoms with van der Waals surface area (Å²) in [5.74, 6) is -1.59. The molecule has 0 atom stereocenters. The number of carbonyl (C=O) groups excluding carboxylic acids is 3. The molecular formula is C34H29F2N3O6. The van der Waals surface area contributed by atoms with Crippen molar-refractivity contribution >= 4 is 50.9 Å². The Balaban J connectivity index is 1.58. The molecule has 0 aliphatic carbocycles. The van der Waals surface area contributed by atoms with Crippen LogP contribution >= 0.6 is 0 Å². The van der Waals surface area contributed by atoms with E-state index in [0.29, 0.717) is 28.0 Å². The molecule has 5 aromatic rings. The highest BCUT2D eigenvalue weighted by Gasteiger charge is 2.42. The molecule has 2 aromatic heterocycles. The molecule has 0 fully saturated rings. The Morgan fingerprint density at radius 2 is 1.51 bits per heavy atom. The molecule has 3 aromatic carbocycles. The number of rotatable bonds is 6. The van der Waals surface area contributed by atoms with E-state index in [-0.39, 0.29) is 39.7 Å². The Labute approximate surface area is 256 Å². The van der Waals surface area contributed by atoms with Gasteiger partial charge in [-0.15, -0.1) is 0 Å². The predicted octanol–water partition coefficient (Wildman–Crippen LogP) is 6.68. The molecule has 0 saturated carbocycles. The number of H-pyrrole nitrogens is 1. The number of nitrogens with zero attached hydrogens (tertiary/aromatic N) is 2. The molecule has 0 spiro atoms. The van der Waals surface area contributed by atoms with E-state index in [1.807, 2.05) is 0 Å². The van der Waals surface area contributed by atoms with Crippen molar-refractivity contribution in [3.63, 3.8) is 0 Å². The monoisotopic (exact) mass is 613 g/mol. The molecule has 9 nitrogen and oxygen atoms in total. The van der Waals surface area contributed by atoms with E-state index in [9.17, 15) is 23.2 Å². The molecule has 2 amide bonds. The third-order valence-corrected chi connectivity index (χ3v) is 7.53. The topological polar surface area (TPSA) is 103 Å². The molecule has 11 heteroatoms. The van der Waals surface area contributed by atoms with E-state index in [0.717, 1.165) is 4.90 Å². The first-order valence-electron chi connectivity index (χ1n) is 14.0. The van der Waals surface area contributed by atoms with Crippen molar-refractivity contribution in [3.8, 4) is 11.5 Å². The van der Waals surface area contributed by atoms with Crippen LogP contribution in [0.25, 0.3) is 33.0 Å². The lowest BCUT2D eigenvalue weighted by Crippen LogP contribution is -2.31. The third kappa shape index (κ3) is 5.20. The van der Waals surface area contributed by atoms with Crippen LogP contribution in [0.1, 0.15) is 37.5 Å². The lowest BCUT2D eigenvalue weighted by molar-refractivity contribution is -0.136. The molecular weight excluding hydrogens is 584 g/mol. The van der Waals surface area contributed by atoms with Gasteiger partial charge in [0.2, 0.25) is 0 Å². The number of aromatic nitrogens is 2. The quantitative estimate of drug-likeness (QED) is 0.214. The van der Waals surface area contributed by atoms with Crippen molar-refractivity contribution in [2.45, 2.75) is 32.9 Å². The van der Waals surface area contributed by atoms with E-state index in [4.69, 9.17) is 14.2 Å². The number of halogens is 2. The minimum Gasteiger partial charge on any atom is -0.497 e. The lowest BCUT2D eigenvalue weighted by atomic mass is 9.95.